The normalized spacial score (nSPS) is 14.6. The second-order valence-corrected chi connectivity index (χ2v) is 22.2. The van der Waals surface area contributed by atoms with Crippen molar-refractivity contribution in [3.05, 3.63) is 95.6 Å². The minimum absolute atomic E-state index is 0.0188. The fraction of sp³-hybridized carbons (Fsp3) is 0.296. The first kappa shape index (κ1) is 29.4. The van der Waals surface area contributed by atoms with Crippen molar-refractivity contribution in [3.8, 4) is 0 Å². The first-order valence-electron chi connectivity index (χ1n) is 11.5. The number of rotatable bonds is 7. The van der Waals surface area contributed by atoms with Gasteiger partial charge in [-0.25, -0.2) is 0 Å². The summed E-state index contributed by atoms with van der Waals surface area (Å²) < 4.78 is 77.1. The van der Waals surface area contributed by atoms with Gasteiger partial charge in [0, 0.05) is 0 Å². The quantitative estimate of drug-likeness (QED) is 0.159. The SMILES string of the molecule is CC(C)[C@@H](CP(C)(I)(c1ccccc1)c1ccccc1)NC(=O)c1cc(C(F)(F)F)cc(C(F)(F)F)c1. The van der Waals surface area contributed by atoms with E-state index in [2.05, 4.69) is 34.0 Å². The second-order valence-electron chi connectivity index (χ2n) is 9.62. The summed E-state index contributed by atoms with van der Waals surface area (Å²) in [6, 6.07) is 20.0. The molecule has 0 saturated heterocycles. The predicted molar refractivity (Wildman–Crippen MR) is 146 cm³/mol. The van der Waals surface area contributed by atoms with Crippen molar-refractivity contribution in [1.29, 1.82) is 0 Å². The summed E-state index contributed by atoms with van der Waals surface area (Å²) in [5.74, 6) is -1.13. The van der Waals surface area contributed by atoms with Crippen LogP contribution in [0.25, 0.3) is 0 Å². The molecule has 0 unspecified atom stereocenters. The minimum atomic E-state index is -5.04. The summed E-state index contributed by atoms with van der Waals surface area (Å²) in [4.78, 5) is 13.1. The fourth-order valence-electron chi connectivity index (χ4n) is 4.22. The molecular formula is C27H27F6INOP. The van der Waals surface area contributed by atoms with Crippen molar-refractivity contribution >= 4 is 42.8 Å². The summed E-state index contributed by atoms with van der Waals surface area (Å²) >= 11 is 2.46. The zero-order valence-electron chi connectivity index (χ0n) is 20.4. The van der Waals surface area contributed by atoms with Crippen molar-refractivity contribution in [1.82, 2.24) is 5.32 Å². The molecule has 2 nitrogen and oxygen atoms in total. The third-order valence-electron chi connectivity index (χ3n) is 6.45. The Balaban J connectivity index is 2.05. The van der Waals surface area contributed by atoms with E-state index in [1.165, 1.54) is 0 Å². The maximum absolute atomic E-state index is 13.3. The number of nitrogens with one attached hydrogen (secondary N) is 1. The number of halogens is 7. The fourth-order valence-corrected chi connectivity index (χ4v) is 11.5. The molecule has 0 aliphatic rings. The molecule has 37 heavy (non-hydrogen) atoms. The van der Waals surface area contributed by atoms with Crippen LogP contribution in [0.4, 0.5) is 26.3 Å². The molecule has 3 aromatic rings. The summed E-state index contributed by atoms with van der Waals surface area (Å²) in [5.41, 5.74) is -3.73. The maximum atomic E-state index is 13.3. The number of benzene rings is 3. The van der Waals surface area contributed by atoms with Crippen LogP contribution in [-0.4, -0.2) is 24.8 Å². The predicted octanol–water partition coefficient (Wildman–Crippen LogP) is 7.66. The van der Waals surface area contributed by atoms with Gasteiger partial charge < -0.3 is 0 Å². The van der Waals surface area contributed by atoms with Gasteiger partial charge in [-0.3, -0.25) is 0 Å². The summed E-state index contributed by atoms with van der Waals surface area (Å²) in [5, 5.41) is 4.90. The molecule has 0 aromatic heterocycles. The average molecular weight is 653 g/mol. The van der Waals surface area contributed by atoms with E-state index < -0.39 is 45.2 Å². The van der Waals surface area contributed by atoms with Crippen molar-refractivity contribution in [2.24, 2.45) is 5.92 Å². The molecule has 0 spiro atoms. The number of hydrogen-bond acceptors (Lipinski definition) is 1. The Hall–Kier alpha value is -2.13. The van der Waals surface area contributed by atoms with Gasteiger partial charge in [0.05, 0.1) is 0 Å². The van der Waals surface area contributed by atoms with Crippen LogP contribution in [0.2, 0.25) is 0 Å². The molecule has 0 bridgehead atoms. The molecular weight excluding hydrogens is 626 g/mol. The Bertz CT molecular complexity index is 1170. The van der Waals surface area contributed by atoms with Crippen LogP contribution in [0, 0.1) is 5.92 Å². The zero-order valence-corrected chi connectivity index (χ0v) is 23.4. The molecule has 10 heteroatoms. The third kappa shape index (κ3) is 6.66. The van der Waals surface area contributed by atoms with Gasteiger partial charge in [-0.15, -0.1) is 0 Å². The zero-order chi connectivity index (χ0) is 27.7. The van der Waals surface area contributed by atoms with E-state index in [4.69, 9.17) is 0 Å². The van der Waals surface area contributed by atoms with E-state index in [1.54, 1.807) is 0 Å². The number of carbonyl (C=O) groups excluding carboxylic acids is 1. The van der Waals surface area contributed by atoms with Gasteiger partial charge >= 0.3 is 226 Å². The standard InChI is InChI=1S/C27H27F6INOP/c1-18(2)24(17-37(3,34,22-10-6-4-7-11-22)23-12-8-5-9-13-23)35-25(36)19-14-20(26(28,29)30)16-21(15-19)27(31,32)33/h4-16,18,24H,17H2,1-3H3,(H,35,36)/t24-/m1/s1. The van der Waals surface area contributed by atoms with Crippen LogP contribution >= 0.6 is 26.3 Å². The Morgan fingerprint density at radius 3 is 1.57 bits per heavy atom. The molecule has 0 aliphatic carbocycles. The number of hydrogen-bond donors (Lipinski definition) is 1. The molecule has 1 amide bonds. The van der Waals surface area contributed by atoms with E-state index in [0.29, 0.717) is 18.3 Å². The van der Waals surface area contributed by atoms with Gasteiger partial charge in [0.25, 0.3) is 0 Å². The van der Waals surface area contributed by atoms with Crippen LogP contribution in [0.15, 0.2) is 78.9 Å². The van der Waals surface area contributed by atoms with E-state index in [9.17, 15) is 31.1 Å². The number of carbonyl (C=O) groups is 1. The summed E-state index contributed by atoms with van der Waals surface area (Å²) in [7, 11) is 0. The van der Waals surface area contributed by atoms with E-state index >= 15 is 0 Å². The van der Waals surface area contributed by atoms with Crippen LogP contribution in [0.5, 0.6) is 0 Å². The molecule has 0 aliphatic heterocycles. The van der Waals surface area contributed by atoms with Crippen LogP contribution in [0.1, 0.15) is 35.3 Å². The Labute approximate surface area is 225 Å². The van der Waals surface area contributed by atoms with Gasteiger partial charge in [-0.2, -0.15) is 0 Å². The van der Waals surface area contributed by atoms with Crippen LogP contribution < -0.4 is 15.9 Å². The third-order valence-corrected chi connectivity index (χ3v) is 15.5. The second kappa shape index (κ2) is 10.6. The van der Waals surface area contributed by atoms with Crippen molar-refractivity contribution in [3.63, 3.8) is 0 Å². The molecule has 3 aromatic carbocycles. The average Bonchev–Trinajstić information content (AvgIpc) is 2.83. The molecule has 0 saturated carbocycles. The monoisotopic (exact) mass is 653 g/mol. The molecule has 200 valence electrons. The van der Waals surface area contributed by atoms with Gasteiger partial charge in [0.2, 0.25) is 0 Å². The van der Waals surface area contributed by atoms with E-state index in [0.717, 1.165) is 10.6 Å². The first-order valence-corrected chi connectivity index (χ1v) is 17.1. The van der Waals surface area contributed by atoms with Crippen LogP contribution in [-0.2, 0) is 12.4 Å². The summed E-state index contributed by atoms with van der Waals surface area (Å²) in [6.45, 7) is 5.87. The molecule has 0 radical (unpaired) electrons. The Morgan fingerprint density at radius 1 is 0.811 bits per heavy atom. The Morgan fingerprint density at radius 2 is 1.22 bits per heavy atom. The van der Waals surface area contributed by atoms with Crippen molar-refractivity contribution in [2.75, 3.05) is 12.8 Å². The summed E-state index contributed by atoms with van der Waals surface area (Å²) in [6.07, 6.45) is -9.62. The van der Waals surface area contributed by atoms with Gasteiger partial charge in [-0.05, 0) is 0 Å². The van der Waals surface area contributed by atoms with Crippen LogP contribution in [0.3, 0.4) is 0 Å². The van der Waals surface area contributed by atoms with Gasteiger partial charge in [0.1, 0.15) is 0 Å². The van der Waals surface area contributed by atoms with Gasteiger partial charge in [-0.1, -0.05) is 0 Å². The van der Waals surface area contributed by atoms with E-state index in [-0.39, 0.29) is 12.0 Å². The topological polar surface area (TPSA) is 29.1 Å². The molecule has 1 N–H and O–H groups in total. The molecule has 3 rings (SSSR count). The molecule has 0 heterocycles. The van der Waals surface area contributed by atoms with Crippen molar-refractivity contribution < 1.29 is 31.1 Å². The van der Waals surface area contributed by atoms with E-state index in [1.807, 2.05) is 74.5 Å². The molecule has 0 fully saturated rings. The van der Waals surface area contributed by atoms with Crippen molar-refractivity contribution in [2.45, 2.75) is 32.2 Å². The van der Waals surface area contributed by atoms with Gasteiger partial charge in [0.15, 0.2) is 0 Å². The Kier molecular flexibility index (Phi) is 8.40. The first-order chi connectivity index (χ1) is 17.0. The number of alkyl halides is 6. The molecule has 1 atom stereocenters. The number of amides is 1.